The SMILES string of the molecule is CCCCCC[C@@H](NC(=O)c1ccc(Cl)cc1)C(=O)OC. The Labute approximate surface area is 130 Å². The average molecular weight is 312 g/mol. The minimum absolute atomic E-state index is 0.294. The summed E-state index contributed by atoms with van der Waals surface area (Å²) in [4.78, 5) is 23.9. The van der Waals surface area contributed by atoms with E-state index in [2.05, 4.69) is 12.2 Å². The first kappa shape index (κ1) is 17.5. The molecule has 0 aliphatic heterocycles. The molecule has 1 N–H and O–H groups in total. The molecule has 0 radical (unpaired) electrons. The fraction of sp³-hybridized carbons (Fsp3) is 0.500. The molecule has 0 spiro atoms. The van der Waals surface area contributed by atoms with Crippen molar-refractivity contribution in [2.24, 2.45) is 0 Å². The second kappa shape index (κ2) is 9.40. The number of benzene rings is 1. The van der Waals surface area contributed by atoms with E-state index in [1.54, 1.807) is 24.3 Å². The first-order valence-electron chi connectivity index (χ1n) is 7.22. The Hall–Kier alpha value is -1.55. The standard InChI is InChI=1S/C16H22ClNO3/c1-3-4-5-6-7-14(16(20)21-2)18-15(19)12-8-10-13(17)11-9-12/h8-11,14H,3-7H2,1-2H3,(H,18,19)/t14-/m1/s1. The highest BCUT2D eigenvalue weighted by Crippen LogP contribution is 2.11. The van der Waals surface area contributed by atoms with Gasteiger partial charge in [0.05, 0.1) is 7.11 Å². The van der Waals surface area contributed by atoms with Gasteiger partial charge in [0.2, 0.25) is 0 Å². The van der Waals surface area contributed by atoms with Crippen molar-refractivity contribution < 1.29 is 14.3 Å². The fourth-order valence-corrected chi connectivity index (χ4v) is 2.14. The predicted molar refractivity (Wildman–Crippen MR) is 83.5 cm³/mol. The lowest BCUT2D eigenvalue weighted by Crippen LogP contribution is -2.41. The molecule has 0 saturated heterocycles. The summed E-state index contributed by atoms with van der Waals surface area (Å²) >= 11 is 5.79. The second-order valence-corrected chi connectivity index (χ2v) is 5.34. The van der Waals surface area contributed by atoms with Gasteiger partial charge in [-0.1, -0.05) is 44.2 Å². The van der Waals surface area contributed by atoms with E-state index in [0.717, 1.165) is 25.7 Å². The Bertz CT molecular complexity index is 459. The summed E-state index contributed by atoms with van der Waals surface area (Å²) in [5.41, 5.74) is 0.474. The molecule has 1 amide bonds. The first-order valence-corrected chi connectivity index (χ1v) is 7.60. The Morgan fingerprint density at radius 1 is 1.19 bits per heavy atom. The number of hydrogen-bond donors (Lipinski definition) is 1. The summed E-state index contributed by atoms with van der Waals surface area (Å²) in [7, 11) is 1.33. The molecule has 0 aliphatic carbocycles. The van der Waals surface area contributed by atoms with Gasteiger partial charge in [0.15, 0.2) is 0 Å². The maximum absolute atomic E-state index is 12.1. The zero-order valence-electron chi connectivity index (χ0n) is 12.5. The molecule has 5 heteroatoms. The van der Waals surface area contributed by atoms with Crippen molar-refractivity contribution in [3.8, 4) is 0 Å². The van der Waals surface area contributed by atoms with Gasteiger partial charge in [-0.15, -0.1) is 0 Å². The quantitative estimate of drug-likeness (QED) is 0.589. The molecule has 116 valence electrons. The van der Waals surface area contributed by atoms with Crippen molar-refractivity contribution in [3.63, 3.8) is 0 Å². The van der Waals surface area contributed by atoms with Gasteiger partial charge in [-0.2, -0.15) is 0 Å². The molecule has 0 bridgehead atoms. The summed E-state index contributed by atoms with van der Waals surface area (Å²) in [6, 6.07) is 5.94. The zero-order chi connectivity index (χ0) is 15.7. The smallest absolute Gasteiger partial charge is 0.328 e. The van der Waals surface area contributed by atoms with E-state index in [1.165, 1.54) is 7.11 Å². The van der Waals surface area contributed by atoms with Crippen LogP contribution < -0.4 is 5.32 Å². The highest BCUT2D eigenvalue weighted by molar-refractivity contribution is 6.30. The van der Waals surface area contributed by atoms with Crippen LogP contribution in [-0.2, 0) is 9.53 Å². The molecule has 0 aromatic heterocycles. The maximum atomic E-state index is 12.1. The summed E-state index contributed by atoms with van der Waals surface area (Å²) in [6.45, 7) is 2.13. The second-order valence-electron chi connectivity index (χ2n) is 4.91. The Balaban J connectivity index is 2.60. The van der Waals surface area contributed by atoms with Gasteiger partial charge < -0.3 is 10.1 Å². The molecule has 0 fully saturated rings. The molecule has 1 aromatic rings. The van der Waals surface area contributed by atoms with Crippen molar-refractivity contribution in [1.82, 2.24) is 5.32 Å². The molecule has 1 atom stereocenters. The number of esters is 1. The van der Waals surface area contributed by atoms with Crippen LogP contribution in [0.2, 0.25) is 5.02 Å². The number of hydrogen-bond acceptors (Lipinski definition) is 3. The van der Waals surface area contributed by atoms with Gasteiger partial charge in [0.1, 0.15) is 6.04 Å². The van der Waals surface area contributed by atoms with E-state index >= 15 is 0 Å². The third kappa shape index (κ3) is 6.17. The summed E-state index contributed by atoms with van der Waals surface area (Å²) < 4.78 is 4.75. The van der Waals surface area contributed by atoms with Crippen LogP contribution in [-0.4, -0.2) is 25.0 Å². The van der Waals surface area contributed by atoms with Gasteiger partial charge >= 0.3 is 5.97 Å². The van der Waals surface area contributed by atoms with Crippen LogP contribution in [0.15, 0.2) is 24.3 Å². The third-order valence-electron chi connectivity index (χ3n) is 3.24. The summed E-state index contributed by atoms with van der Waals surface area (Å²) in [5, 5.41) is 3.29. The molecule has 0 heterocycles. The zero-order valence-corrected chi connectivity index (χ0v) is 13.3. The topological polar surface area (TPSA) is 55.4 Å². The van der Waals surface area contributed by atoms with Crippen LogP contribution >= 0.6 is 11.6 Å². The Morgan fingerprint density at radius 2 is 1.86 bits per heavy atom. The number of carbonyl (C=O) groups excluding carboxylic acids is 2. The largest absolute Gasteiger partial charge is 0.467 e. The van der Waals surface area contributed by atoms with E-state index in [4.69, 9.17) is 16.3 Å². The van der Waals surface area contributed by atoms with Crippen LogP contribution in [0.1, 0.15) is 49.4 Å². The molecule has 1 aromatic carbocycles. The van der Waals surface area contributed by atoms with E-state index in [-0.39, 0.29) is 5.91 Å². The van der Waals surface area contributed by atoms with Gasteiger partial charge in [-0.25, -0.2) is 4.79 Å². The van der Waals surface area contributed by atoms with Gasteiger partial charge in [-0.05, 0) is 30.7 Å². The number of ether oxygens (including phenoxy) is 1. The fourth-order valence-electron chi connectivity index (χ4n) is 2.01. The normalized spacial score (nSPS) is 11.8. The summed E-state index contributed by atoms with van der Waals surface area (Å²) in [5.74, 6) is -0.702. The van der Waals surface area contributed by atoms with Crippen molar-refractivity contribution in [1.29, 1.82) is 0 Å². The molecule has 0 aliphatic rings. The molecule has 4 nitrogen and oxygen atoms in total. The highest BCUT2D eigenvalue weighted by Gasteiger charge is 2.21. The number of unbranched alkanes of at least 4 members (excludes halogenated alkanes) is 3. The lowest BCUT2D eigenvalue weighted by Gasteiger charge is -2.16. The number of rotatable bonds is 8. The Kier molecular flexibility index (Phi) is 7.83. The molecular formula is C16H22ClNO3. The minimum Gasteiger partial charge on any atom is -0.467 e. The molecule has 0 unspecified atom stereocenters. The lowest BCUT2D eigenvalue weighted by atomic mass is 10.1. The monoisotopic (exact) mass is 311 g/mol. The molecule has 1 rings (SSSR count). The number of amides is 1. The van der Waals surface area contributed by atoms with Crippen molar-refractivity contribution >= 4 is 23.5 Å². The minimum atomic E-state index is -0.602. The first-order chi connectivity index (χ1) is 10.1. The van der Waals surface area contributed by atoms with Crippen molar-refractivity contribution in [2.45, 2.75) is 45.1 Å². The van der Waals surface area contributed by atoms with Crippen molar-refractivity contribution in [3.05, 3.63) is 34.9 Å². The number of nitrogens with one attached hydrogen (secondary N) is 1. The van der Waals surface area contributed by atoms with E-state index < -0.39 is 12.0 Å². The van der Waals surface area contributed by atoms with Crippen LogP contribution in [0.5, 0.6) is 0 Å². The number of carbonyl (C=O) groups is 2. The van der Waals surface area contributed by atoms with E-state index in [1.807, 2.05) is 0 Å². The van der Waals surface area contributed by atoms with E-state index in [9.17, 15) is 9.59 Å². The highest BCUT2D eigenvalue weighted by atomic mass is 35.5. The molecular weight excluding hydrogens is 290 g/mol. The third-order valence-corrected chi connectivity index (χ3v) is 3.50. The Morgan fingerprint density at radius 3 is 2.43 bits per heavy atom. The van der Waals surface area contributed by atoms with Crippen LogP contribution in [0.4, 0.5) is 0 Å². The van der Waals surface area contributed by atoms with Crippen LogP contribution in [0.25, 0.3) is 0 Å². The van der Waals surface area contributed by atoms with Gasteiger partial charge in [-0.3, -0.25) is 4.79 Å². The maximum Gasteiger partial charge on any atom is 0.328 e. The summed E-state index contributed by atoms with van der Waals surface area (Å²) in [6.07, 6.45) is 4.76. The lowest BCUT2D eigenvalue weighted by molar-refractivity contribution is -0.143. The van der Waals surface area contributed by atoms with Gasteiger partial charge in [0, 0.05) is 10.6 Å². The average Bonchev–Trinajstić information content (AvgIpc) is 2.50. The van der Waals surface area contributed by atoms with Crippen LogP contribution in [0.3, 0.4) is 0 Å². The predicted octanol–water partition coefficient (Wildman–Crippen LogP) is 3.58. The van der Waals surface area contributed by atoms with Crippen LogP contribution in [0, 0.1) is 0 Å². The van der Waals surface area contributed by atoms with Crippen molar-refractivity contribution in [2.75, 3.05) is 7.11 Å². The van der Waals surface area contributed by atoms with Gasteiger partial charge in [0.25, 0.3) is 5.91 Å². The number of halogens is 1. The molecule has 0 saturated carbocycles. The molecule has 21 heavy (non-hydrogen) atoms. The van der Waals surface area contributed by atoms with E-state index in [0.29, 0.717) is 17.0 Å². The number of methoxy groups -OCH3 is 1.